The fraction of sp³-hybridized carbons (Fsp3) is 0.417. The van der Waals surface area contributed by atoms with Crippen LogP contribution in [0.5, 0.6) is 0 Å². The van der Waals surface area contributed by atoms with E-state index >= 15 is 0 Å². The van der Waals surface area contributed by atoms with E-state index in [9.17, 15) is 9.18 Å². The topological polar surface area (TPSA) is 29.1 Å². The van der Waals surface area contributed by atoms with Crippen molar-refractivity contribution in [3.63, 3.8) is 0 Å². The van der Waals surface area contributed by atoms with Gasteiger partial charge in [0.15, 0.2) is 0 Å². The largest absolute Gasteiger partial charge is 0.324 e. The Morgan fingerprint density at radius 1 is 1.38 bits per heavy atom. The molecular weight excluding hydrogens is 229 g/mol. The first kappa shape index (κ1) is 13.0. The molecule has 1 rings (SSSR count). The number of rotatable bonds is 1. The third kappa shape index (κ3) is 2.73. The second-order valence-electron chi connectivity index (χ2n) is 4.73. The molecule has 0 saturated heterocycles. The second-order valence-corrected chi connectivity index (χ2v) is 5.14. The van der Waals surface area contributed by atoms with E-state index in [1.807, 2.05) is 0 Å². The second kappa shape index (κ2) is 4.42. The zero-order valence-electron chi connectivity index (χ0n) is 9.82. The van der Waals surface area contributed by atoms with Crippen LogP contribution in [0.3, 0.4) is 0 Å². The zero-order valence-corrected chi connectivity index (χ0v) is 10.6. The number of hydrogen-bond donors (Lipinski definition) is 1. The van der Waals surface area contributed by atoms with Crippen molar-refractivity contribution in [2.24, 2.45) is 5.41 Å². The summed E-state index contributed by atoms with van der Waals surface area (Å²) in [6.45, 7) is 6.93. The molecule has 88 valence electrons. The van der Waals surface area contributed by atoms with Gasteiger partial charge in [-0.05, 0) is 19.1 Å². The molecule has 0 aliphatic carbocycles. The summed E-state index contributed by atoms with van der Waals surface area (Å²) in [7, 11) is 0. The van der Waals surface area contributed by atoms with Gasteiger partial charge in [0.25, 0.3) is 0 Å². The molecule has 0 atom stereocenters. The maximum Gasteiger partial charge on any atom is 0.229 e. The van der Waals surface area contributed by atoms with E-state index in [0.717, 1.165) is 0 Å². The Balaban J connectivity index is 3.07. The summed E-state index contributed by atoms with van der Waals surface area (Å²) in [5.41, 5.74) is 0.161. The first-order valence-electron chi connectivity index (χ1n) is 4.99. The predicted octanol–water partition coefficient (Wildman–Crippen LogP) is 3.77. The maximum atomic E-state index is 13.3. The molecule has 1 aromatic carbocycles. The van der Waals surface area contributed by atoms with Gasteiger partial charge in [0.05, 0.1) is 10.7 Å². The van der Waals surface area contributed by atoms with E-state index < -0.39 is 5.41 Å². The molecule has 0 saturated carbocycles. The Morgan fingerprint density at radius 2 is 1.94 bits per heavy atom. The smallest absolute Gasteiger partial charge is 0.229 e. The number of benzene rings is 1. The minimum atomic E-state index is -0.540. The number of anilines is 1. The molecule has 0 bridgehead atoms. The van der Waals surface area contributed by atoms with Gasteiger partial charge >= 0.3 is 0 Å². The average Bonchev–Trinajstić information content (AvgIpc) is 2.17. The molecular formula is C12H15ClFNO. The normalized spacial score (nSPS) is 11.4. The Kier molecular flexibility index (Phi) is 3.58. The summed E-state index contributed by atoms with van der Waals surface area (Å²) in [6, 6.07) is 2.71. The lowest BCUT2D eigenvalue weighted by Crippen LogP contribution is -2.28. The van der Waals surface area contributed by atoms with Crippen LogP contribution in [0.25, 0.3) is 0 Å². The van der Waals surface area contributed by atoms with Gasteiger partial charge in [0, 0.05) is 11.0 Å². The quantitative estimate of drug-likeness (QED) is 0.799. The fourth-order valence-electron chi connectivity index (χ4n) is 1.11. The summed E-state index contributed by atoms with van der Waals surface area (Å²) in [4.78, 5) is 11.8. The van der Waals surface area contributed by atoms with Crippen molar-refractivity contribution in [3.8, 4) is 0 Å². The van der Waals surface area contributed by atoms with Crippen LogP contribution in [0.1, 0.15) is 26.3 Å². The van der Waals surface area contributed by atoms with Gasteiger partial charge in [-0.1, -0.05) is 32.4 Å². The molecule has 0 heterocycles. The van der Waals surface area contributed by atoms with Gasteiger partial charge in [0.2, 0.25) is 5.91 Å². The summed E-state index contributed by atoms with van der Waals surface area (Å²) < 4.78 is 13.3. The lowest BCUT2D eigenvalue weighted by atomic mass is 9.95. The van der Waals surface area contributed by atoms with Crippen molar-refractivity contribution in [2.45, 2.75) is 27.7 Å². The lowest BCUT2D eigenvalue weighted by molar-refractivity contribution is -0.123. The zero-order chi connectivity index (χ0) is 12.5. The van der Waals surface area contributed by atoms with Gasteiger partial charge in [-0.15, -0.1) is 0 Å². The fourth-order valence-corrected chi connectivity index (χ4v) is 1.36. The molecule has 1 aromatic rings. The van der Waals surface area contributed by atoms with Gasteiger partial charge < -0.3 is 5.32 Å². The number of carbonyl (C=O) groups is 1. The lowest BCUT2D eigenvalue weighted by Gasteiger charge is -2.19. The molecule has 0 unspecified atom stereocenters. The minimum Gasteiger partial charge on any atom is -0.324 e. The molecule has 0 aromatic heterocycles. The standard InChI is InChI=1S/C12H15ClFNO/c1-7-9(14)6-5-8(13)10(7)15-11(16)12(2,3)4/h5-6H,1-4H3,(H,15,16). The van der Waals surface area contributed by atoms with E-state index in [2.05, 4.69) is 5.32 Å². The third-order valence-corrected chi connectivity index (χ3v) is 2.58. The first-order valence-corrected chi connectivity index (χ1v) is 5.37. The van der Waals surface area contributed by atoms with Gasteiger partial charge in [-0.3, -0.25) is 4.79 Å². The predicted molar refractivity (Wildman–Crippen MR) is 64.2 cm³/mol. The first-order chi connectivity index (χ1) is 7.23. The van der Waals surface area contributed by atoms with E-state index in [0.29, 0.717) is 16.3 Å². The van der Waals surface area contributed by atoms with Gasteiger partial charge in [0.1, 0.15) is 5.82 Å². The SMILES string of the molecule is Cc1c(F)ccc(Cl)c1NC(=O)C(C)(C)C. The Bertz CT molecular complexity index is 424. The molecule has 1 N–H and O–H groups in total. The number of nitrogens with one attached hydrogen (secondary N) is 1. The maximum absolute atomic E-state index is 13.3. The summed E-state index contributed by atoms with van der Waals surface area (Å²) in [5, 5.41) is 2.99. The highest BCUT2D eigenvalue weighted by Crippen LogP contribution is 2.29. The molecule has 16 heavy (non-hydrogen) atoms. The van der Waals surface area contributed by atoms with E-state index in [-0.39, 0.29) is 11.7 Å². The van der Waals surface area contributed by atoms with Crippen LogP contribution in [-0.2, 0) is 4.79 Å². The van der Waals surface area contributed by atoms with E-state index in [4.69, 9.17) is 11.6 Å². The highest BCUT2D eigenvalue weighted by molar-refractivity contribution is 6.34. The van der Waals surface area contributed by atoms with Crippen LogP contribution in [0, 0.1) is 18.2 Å². The molecule has 0 fully saturated rings. The Morgan fingerprint density at radius 3 is 2.44 bits per heavy atom. The Hall–Kier alpha value is -1.09. The number of carbonyl (C=O) groups excluding carboxylic acids is 1. The highest BCUT2D eigenvalue weighted by Gasteiger charge is 2.23. The van der Waals surface area contributed by atoms with Crippen LogP contribution >= 0.6 is 11.6 Å². The number of amides is 1. The Labute approximate surface area is 99.8 Å². The minimum absolute atomic E-state index is 0.192. The van der Waals surface area contributed by atoms with Crippen LogP contribution < -0.4 is 5.32 Å². The van der Waals surface area contributed by atoms with Crippen molar-refractivity contribution < 1.29 is 9.18 Å². The molecule has 0 aliphatic heterocycles. The van der Waals surface area contributed by atoms with Crippen molar-refractivity contribution in [1.82, 2.24) is 0 Å². The van der Waals surface area contributed by atoms with Crippen molar-refractivity contribution >= 4 is 23.2 Å². The average molecular weight is 244 g/mol. The molecule has 0 aliphatic rings. The van der Waals surface area contributed by atoms with E-state index in [1.54, 1.807) is 27.7 Å². The molecule has 2 nitrogen and oxygen atoms in total. The van der Waals surface area contributed by atoms with Crippen LogP contribution in [-0.4, -0.2) is 5.91 Å². The van der Waals surface area contributed by atoms with Crippen LogP contribution in [0.4, 0.5) is 10.1 Å². The molecule has 4 heteroatoms. The van der Waals surface area contributed by atoms with Crippen molar-refractivity contribution in [3.05, 3.63) is 28.5 Å². The van der Waals surface area contributed by atoms with Gasteiger partial charge in [-0.2, -0.15) is 0 Å². The van der Waals surface area contributed by atoms with Crippen LogP contribution in [0.2, 0.25) is 5.02 Å². The van der Waals surface area contributed by atoms with E-state index in [1.165, 1.54) is 12.1 Å². The molecule has 0 spiro atoms. The highest BCUT2D eigenvalue weighted by atomic mass is 35.5. The van der Waals surface area contributed by atoms with Crippen LogP contribution in [0.15, 0.2) is 12.1 Å². The van der Waals surface area contributed by atoms with Gasteiger partial charge in [-0.25, -0.2) is 4.39 Å². The molecule has 1 amide bonds. The number of halogens is 2. The molecule has 0 radical (unpaired) electrons. The summed E-state index contributed by atoms with van der Waals surface area (Å²) >= 11 is 5.91. The van der Waals surface area contributed by atoms with Crippen molar-refractivity contribution in [2.75, 3.05) is 5.32 Å². The third-order valence-electron chi connectivity index (χ3n) is 2.27. The van der Waals surface area contributed by atoms with Crippen molar-refractivity contribution in [1.29, 1.82) is 0 Å². The monoisotopic (exact) mass is 243 g/mol. The summed E-state index contributed by atoms with van der Waals surface area (Å²) in [5.74, 6) is -0.572. The summed E-state index contributed by atoms with van der Waals surface area (Å²) in [6.07, 6.45) is 0. The number of hydrogen-bond acceptors (Lipinski definition) is 1.